The highest BCUT2D eigenvalue weighted by Crippen LogP contribution is 1.79. The zero-order valence-corrected chi connectivity index (χ0v) is 8.47. The minimum Gasteiger partial charge on any atom is -0.478 e. The molecule has 4 nitrogen and oxygen atoms in total. The van der Waals surface area contributed by atoms with Crippen LogP contribution in [-0.2, 0) is 15.6 Å². The number of rotatable bonds is 7. The van der Waals surface area contributed by atoms with Crippen molar-refractivity contribution in [2.45, 2.75) is 6.92 Å². The van der Waals surface area contributed by atoms with Crippen LogP contribution in [0.4, 0.5) is 0 Å². The number of hydrogen-bond donors (Lipinski definition) is 2. The molecule has 0 aromatic carbocycles. The summed E-state index contributed by atoms with van der Waals surface area (Å²) in [6.07, 6.45) is 2.61. The molecule has 0 saturated carbocycles. The SMILES string of the molecule is CCS(=O)CCNC/C=C/C(=O)O. The maximum atomic E-state index is 10.9. The van der Waals surface area contributed by atoms with E-state index in [4.69, 9.17) is 5.11 Å². The normalized spacial score (nSPS) is 13.3. The number of nitrogens with one attached hydrogen (secondary N) is 1. The first-order chi connectivity index (χ1) is 6.16. The van der Waals surface area contributed by atoms with Gasteiger partial charge in [-0.15, -0.1) is 0 Å². The van der Waals surface area contributed by atoms with Crippen LogP contribution in [-0.4, -0.2) is 39.9 Å². The van der Waals surface area contributed by atoms with Crippen molar-refractivity contribution in [3.8, 4) is 0 Å². The first kappa shape index (κ1) is 12.3. The minimum absolute atomic E-state index is 0.507. The topological polar surface area (TPSA) is 66.4 Å². The van der Waals surface area contributed by atoms with Gasteiger partial charge in [0, 0.05) is 41.5 Å². The van der Waals surface area contributed by atoms with Gasteiger partial charge in [-0.25, -0.2) is 4.79 Å². The highest BCUT2D eigenvalue weighted by Gasteiger charge is 1.93. The van der Waals surface area contributed by atoms with Crippen LogP contribution in [0.1, 0.15) is 6.92 Å². The largest absolute Gasteiger partial charge is 0.478 e. The van der Waals surface area contributed by atoms with E-state index in [9.17, 15) is 9.00 Å². The predicted octanol–water partition coefficient (Wildman–Crippen LogP) is -0.0146. The van der Waals surface area contributed by atoms with E-state index in [2.05, 4.69) is 5.32 Å². The lowest BCUT2D eigenvalue weighted by Crippen LogP contribution is -2.21. The summed E-state index contributed by atoms with van der Waals surface area (Å²) in [5, 5.41) is 11.2. The maximum Gasteiger partial charge on any atom is 0.328 e. The van der Waals surface area contributed by atoms with E-state index in [-0.39, 0.29) is 0 Å². The molecular weight excluding hydrogens is 190 g/mol. The van der Waals surface area contributed by atoms with Crippen molar-refractivity contribution >= 4 is 16.8 Å². The number of aliphatic carboxylic acids is 1. The van der Waals surface area contributed by atoms with Crippen LogP contribution >= 0.6 is 0 Å². The summed E-state index contributed by atoms with van der Waals surface area (Å²) in [5.74, 6) is 0.350. The Morgan fingerprint density at radius 3 is 2.85 bits per heavy atom. The van der Waals surface area contributed by atoms with Gasteiger partial charge in [-0.3, -0.25) is 4.21 Å². The second kappa shape index (κ2) is 7.94. The molecule has 1 unspecified atom stereocenters. The summed E-state index contributed by atoms with van der Waals surface area (Å²) in [5.41, 5.74) is 0. The van der Waals surface area contributed by atoms with Crippen molar-refractivity contribution < 1.29 is 14.1 Å². The third kappa shape index (κ3) is 9.23. The number of carboxylic acids is 1. The quantitative estimate of drug-likeness (QED) is 0.453. The lowest BCUT2D eigenvalue weighted by Gasteiger charge is -1.99. The molecule has 0 saturated heterocycles. The van der Waals surface area contributed by atoms with Gasteiger partial charge < -0.3 is 10.4 Å². The van der Waals surface area contributed by atoms with Crippen LogP contribution in [0.3, 0.4) is 0 Å². The van der Waals surface area contributed by atoms with Crippen molar-refractivity contribution in [2.24, 2.45) is 0 Å². The van der Waals surface area contributed by atoms with E-state index in [1.165, 1.54) is 6.08 Å². The Bertz CT molecular complexity index is 204. The average Bonchev–Trinajstić information content (AvgIpc) is 2.10. The van der Waals surface area contributed by atoms with Crippen molar-refractivity contribution in [1.29, 1.82) is 0 Å². The Morgan fingerprint density at radius 1 is 1.62 bits per heavy atom. The number of carboxylic acid groups (broad SMARTS) is 1. The molecule has 0 fully saturated rings. The van der Waals surface area contributed by atoms with Gasteiger partial charge in [0.15, 0.2) is 0 Å². The molecular formula is C8H15NO3S. The van der Waals surface area contributed by atoms with E-state index >= 15 is 0 Å². The fraction of sp³-hybridized carbons (Fsp3) is 0.625. The molecule has 5 heteroatoms. The van der Waals surface area contributed by atoms with Crippen LogP contribution in [0.25, 0.3) is 0 Å². The van der Waals surface area contributed by atoms with E-state index < -0.39 is 16.8 Å². The molecule has 0 radical (unpaired) electrons. The zero-order valence-electron chi connectivity index (χ0n) is 7.66. The van der Waals surface area contributed by atoms with Crippen LogP contribution < -0.4 is 5.32 Å². The molecule has 0 amide bonds. The molecule has 0 aromatic rings. The first-order valence-corrected chi connectivity index (χ1v) is 5.60. The molecule has 0 spiro atoms. The molecule has 2 N–H and O–H groups in total. The summed E-state index contributed by atoms with van der Waals surface area (Å²) in [6.45, 7) is 3.04. The molecule has 0 bridgehead atoms. The summed E-state index contributed by atoms with van der Waals surface area (Å²) < 4.78 is 10.9. The van der Waals surface area contributed by atoms with E-state index in [1.54, 1.807) is 0 Å². The molecule has 0 rings (SSSR count). The van der Waals surface area contributed by atoms with Gasteiger partial charge in [0.25, 0.3) is 0 Å². The minimum atomic E-state index is -0.945. The van der Waals surface area contributed by atoms with Crippen molar-refractivity contribution in [3.63, 3.8) is 0 Å². The van der Waals surface area contributed by atoms with Gasteiger partial charge in [0.1, 0.15) is 0 Å². The van der Waals surface area contributed by atoms with Crippen molar-refractivity contribution in [3.05, 3.63) is 12.2 Å². The standard InChI is InChI=1S/C8H15NO3S/c1-2-13(12)7-6-9-5-3-4-8(10)11/h3-4,9H,2,5-7H2,1H3,(H,10,11)/b4-3+. The van der Waals surface area contributed by atoms with Gasteiger partial charge in [-0.05, 0) is 0 Å². The fourth-order valence-corrected chi connectivity index (χ4v) is 1.34. The highest BCUT2D eigenvalue weighted by atomic mass is 32.2. The van der Waals surface area contributed by atoms with Crippen LogP contribution in [0.15, 0.2) is 12.2 Å². The van der Waals surface area contributed by atoms with E-state index in [0.717, 1.165) is 6.08 Å². The monoisotopic (exact) mass is 205 g/mol. The lowest BCUT2D eigenvalue weighted by atomic mass is 10.5. The Balaban J connectivity index is 3.26. The maximum absolute atomic E-state index is 10.9. The predicted molar refractivity (Wildman–Crippen MR) is 53.2 cm³/mol. The summed E-state index contributed by atoms with van der Waals surface area (Å²) in [4.78, 5) is 10.0. The average molecular weight is 205 g/mol. The smallest absolute Gasteiger partial charge is 0.328 e. The fourth-order valence-electron chi connectivity index (χ4n) is 0.675. The summed E-state index contributed by atoms with van der Waals surface area (Å²) in [6, 6.07) is 0. The molecule has 0 aromatic heterocycles. The van der Waals surface area contributed by atoms with Crippen molar-refractivity contribution in [1.82, 2.24) is 5.32 Å². The highest BCUT2D eigenvalue weighted by molar-refractivity contribution is 7.84. The molecule has 76 valence electrons. The van der Waals surface area contributed by atoms with E-state index in [0.29, 0.717) is 24.6 Å². The van der Waals surface area contributed by atoms with Gasteiger partial charge in [0.05, 0.1) is 0 Å². The molecule has 0 heterocycles. The van der Waals surface area contributed by atoms with Crippen LogP contribution in [0.5, 0.6) is 0 Å². The Labute approximate surface area is 80.5 Å². The Hall–Kier alpha value is -0.680. The van der Waals surface area contributed by atoms with E-state index in [1.807, 2.05) is 6.92 Å². The van der Waals surface area contributed by atoms with Crippen molar-refractivity contribution in [2.75, 3.05) is 24.6 Å². The molecule has 1 atom stereocenters. The molecule has 0 aliphatic carbocycles. The third-order valence-electron chi connectivity index (χ3n) is 1.35. The van der Waals surface area contributed by atoms with Gasteiger partial charge in [-0.1, -0.05) is 13.0 Å². The lowest BCUT2D eigenvalue weighted by molar-refractivity contribution is -0.131. The molecule has 0 aliphatic heterocycles. The molecule has 0 aliphatic rings. The summed E-state index contributed by atoms with van der Waals surface area (Å²) >= 11 is 0. The van der Waals surface area contributed by atoms with Gasteiger partial charge >= 0.3 is 5.97 Å². The first-order valence-electron chi connectivity index (χ1n) is 4.12. The second-order valence-electron chi connectivity index (χ2n) is 2.38. The number of hydrogen-bond acceptors (Lipinski definition) is 3. The third-order valence-corrected chi connectivity index (χ3v) is 2.65. The second-order valence-corrected chi connectivity index (χ2v) is 4.24. The number of carbonyl (C=O) groups is 1. The van der Waals surface area contributed by atoms with Gasteiger partial charge in [0.2, 0.25) is 0 Å². The van der Waals surface area contributed by atoms with Crippen LogP contribution in [0, 0.1) is 0 Å². The Kier molecular flexibility index (Phi) is 7.53. The zero-order chi connectivity index (χ0) is 10.1. The van der Waals surface area contributed by atoms with Crippen LogP contribution in [0.2, 0.25) is 0 Å². The van der Waals surface area contributed by atoms with Gasteiger partial charge in [-0.2, -0.15) is 0 Å². The summed E-state index contributed by atoms with van der Waals surface area (Å²) in [7, 11) is -0.744. The Morgan fingerprint density at radius 2 is 2.31 bits per heavy atom. The molecule has 13 heavy (non-hydrogen) atoms.